The molecule has 0 aliphatic heterocycles. The molecule has 0 radical (unpaired) electrons. The minimum Gasteiger partial charge on any atom is -0.0683 e. The zero-order chi connectivity index (χ0) is 38.3. The van der Waals surface area contributed by atoms with Crippen LogP contribution in [0.1, 0.15) is 273 Å². The third kappa shape index (κ3) is 81.8. The fraction of sp³-hybridized carbons (Fsp3) is 1.00. The Morgan fingerprint density at radius 3 is 0.979 bits per heavy atom. The first-order valence-corrected chi connectivity index (χ1v) is 22.4. The van der Waals surface area contributed by atoms with Gasteiger partial charge in [0, 0.05) is 0 Å². The molecule has 0 bridgehead atoms. The fourth-order valence-electron chi connectivity index (χ4n) is 4.95. The van der Waals surface area contributed by atoms with E-state index in [1.807, 2.05) is 27.7 Å². The van der Waals surface area contributed by atoms with Gasteiger partial charge in [-0.15, -0.1) is 0 Å². The van der Waals surface area contributed by atoms with E-state index < -0.39 is 0 Å². The molecule has 2 aliphatic carbocycles. The van der Waals surface area contributed by atoms with Gasteiger partial charge in [-0.25, -0.2) is 0 Å². The summed E-state index contributed by atoms with van der Waals surface area (Å²) in [6.07, 6.45) is 29.6. The monoisotopic (exact) mass is 673 g/mol. The Hall–Kier alpha value is 0. The van der Waals surface area contributed by atoms with Crippen LogP contribution in [0, 0.1) is 35.5 Å². The van der Waals surface area contributed by atoms with Gasteiger partial charge in [-0.3, -0.25) is 0 Å². The minimum absolute atomic E-state index is 0.904. The zero-order valence-corrected chi connectivity index (χ0v) is 38.3. The maximum atomic E-state index is 2.36. The molecule has 0 aromatic heterocycles. The zero-order valence-electron chi connectivity index (χ0n) is 38.3. The molecule has 1 atom stereocenters. The highest BCUT2D eigenvalue weighted by Gasteiger charge is 2.25. The molecule has 0 saturated heterocycles. The summed E-state index contributed by atoms with van der Waals surface area (Å²) in [7, 11) is 0. The lowest BCUT2D eigenvalue weighted by molar-refractivity contribution is 0.181. The second kappa shape index (κ2) is 61.2. The Balaban J connectivity index is -0.0000000794. The Morgan fingerprint density at radius 1 is 0.447 bits per heavy atom. The average molecular weight is 673 g/mol. The van der Waals surface area contributed by atoms with Crippen molar-refractivity contribution in [2.24, 2.45) is 35.5 Å². The van der Waals surface area contributed by atoms with Crippen LogP contribution in [-0.2, 0) is 0 Å². The van der Waals surface area contributed by atoms with E-state index in [-0.39, 0.29) is 0 Å². The van der Waals surface area contributed by atoms with Crippen LogP contribution in [0.3, 0.4) is 0 Å². The van der Waals surface area contributed by atoms with Crippen molar-refractivity contribution in [3.8, 4) is 0 Å². The summed E-state index contributed by atoms with van der Waals surface area (Å²) in [4.78, 5) is 0. The van der Waals surface area contributed by atoms with E-state index in [4.69, 9.17) is 0 Å². The van der Waals surface area contributed by atoms with Gasteiger partial charge in [0.2, 0.25) is 0 Å². The van der Waals surface area contributed by atoms with Crippen molar-refractivity contribution >= 4 is 0 Å². The first-order chi connectivity index (χ1) is 22.4. The molecule has 0 aromatic carbocycles. The second-order valence-electron chi connectivity index (χ2n) is 15.0. The maximum Gasteiger partial charge on any atom is -0.0407 e. The molecule has 0 nitrogen and oxygen atoms in total. The summed E-state index contributed by atoms with van der Waals surface area (Å²) < 4.78 is 0. The highest BCUT2D eigenvalue weighted by molar-refractivity contribution is 4.76. The lowest BCUT2D eigenvalue weighted by Gasteiger charge is -2.33. The van der Waals surface area contributed by atoms with Crippen LogP contribution in [0.2, 0.25) is 0 Å². The summed E-state index contributed by atoms with van der Waals surface area (Å²) in [5.41, 5.74) is 0. The van der Waals surface area contributed by atoms with Gasteiger partial charge in [0.15, 0.2) is 0 Å². The normalized spacial score (nSPS) is 15.9. The number of hydrogen-bond donors (Lipinski definition) is 0. The molecule has 2 rings (SSSR count). The molecule has 2 fully saturated rings. The third-order valence-corrected chi connectivity index (χ3v) is 8.49. The molecular weight excluding hydrogens is 565 g/mol. The van der Waals surface area contributed by atoms with Gasteiger partial charge in [-0.1, -0.05) is 254 Å². The van der Waals surface area contributed by atoms with Crippen LogP contribution in [0.5, 0.6) is 0 Å². The van der Waals surface area contributed by atoms with Gasteiger partial charge >= 0.3 is 0 Å². The van der Waals surface area contributed by atoms with Gasteiger partial charge in [0.1, 0.15) is 0 Å². The predicted molar refractivity (Wildman–Crippen MR) is 231 cm³/mol. The van der Waals surface area contributed by atoms with Crippen LogP contribution < -0.4 is 0 Å². The number of unbranched alkanes of at least 4 members (excludes halogenated alkanes) is 4. The van der Waals surface area contributed by atoms with Crippen LogP contribution in [0.4, 0.5) is 0 Å². The van der Waals surface area contributed by atoms with Crippen molar-refractivity contribution in [2.45, 2.75) is 273 Å². The highest BCUT2D eigenvalue weighted by atomic mass is 14.3. The summed E-state index contributed by atoms with van der Waals surface area (Å²) in [5, 5.41) is 0. The van der Waals surface area contributed by atoms with E-state index >= 15 is 0 Å². The molecule has 2 aliphatic rings. The van der Waals surface area contributed by atoms with Crippen molar-refractivity contribution in [2.75, 3.05) is 0 Å². The molecule has 2 saturated carbocycles. The molecule has 1 unspecified atom stereocenters. The molecule has 0 heteroatoms. The van der Waals surface area contributed by atoms with Crippen LogP contribution in [0.15, 0.2) is 0 Å². The Labute approximate surface area is 308 Å². The Morgan fingerprint density at radius 2 is 0.809 bits per heavy atom. The van der Waals surface area contributed by atoms with Crippen LogP contribution >= 0.6 is 0 Å². The summed E-state index contributed by atoms with van der Waals surface area (Å²) in [6.45, 7) is 44.0. The van der Waals surface area contributed by atoms with Crippen molar-refractivity contribution in [3.63, 3.8) is 0 Å². The van der Waals surface area contributed by atoms with Gasteiger partial charge in [0.05, 0.1) is 0 Å². The first kappa shape index (κ1) is 62.2. The molecule has 0 spiro atoms. The molecule has 0 N–H and O–H groups in total. The van der Waals surface area contributed by atoms with Gasteiger partial charge in [0.25, 0.3) is 0 Å². The third-order valence-electron chi connectivity index (χ3n) is 8.49. The largest absolute Gasteiger partial charge is 0.0683 e. The average Bonchev–Trinajstić information content (AvgIpc) is 3.64. The molecule has 0 amide bonds. The summed E-state index contributed by atoms with van der Waals surface area (Å²) in [5.74, 6) is 5.83. The maximum absolute atomic E-state index is 2.36. The standard InChI is InChI=1S/C9H18.C8H18.C7H16.C6H14.C5H10.C5H12.C3H8.2C2H6/c1-7(2)4-9-5-8(3)6-9;1-4-5-6-7-8(2)3;1-4-6-7(3)5-2;1-4-6(3)5-2;1-2-4-5-3-1;1-3-5-4-2;1-3-2;2*1-2/h7-9H,4-6H2,1-3H3;8H,4-7H2,1-3H3;7H,4-6H2,1-3H3;6H,4-5H2,1-3H3;1-5H2;3-5H2,1-2H3;3H2,1-2H3;2*1-2H3. The second-order valence-corrected chi connectivity index (χ2v) is 15.0. The highest BCUT2D eigenvalue weighted by Crippen LogP contribution is 2.37. The molecule has 47 heavy (non-hydrogen) atoms. The van der Waals surface area contributed by atoms with E-state index in [1.165, 1.54) is 135 Å². The van der Waals surface area contributed by atoms with Crippen LogP contribution in [-0.4, -0.2) is 0 Å². The van der Waals surface area contributed by atoms with Crippen molar-refractivity contribution in [3.05, 3.63) is 0 Å². The van der Waals surface area contributed by atoms with Gasteiger partial charge in [-0.05, 0) is 54.8 Å². The summed E-state index contributed by atoms with van der Waals surface area (Å²) in [6, 6.07) is 0. The van der Waals surface area contributed by atoms with Crippen molar-refractivity contribution < 1.29 is 0 Å². The number of rotatable bonds is 13. The van der Waals surface area contributed by atoms with Crippen molar-refractivity contribution in [1.29, 1.82) is 0 Å². The summed E-state index contributed by atoms with van der Waals surface area (Å²) >= 11 is 0. The van der Waals surface area contributed by atoms with Crippen molar-refractivity contribution in [1.82, 2.24) is 0 Å². The van der Waals surface area contributed by atoms with E-state index in [0.717, 1.165) is 35.5 Å². The molecule has 0 heterocycles. The first-order valence-electron chi connectivity index (χ1n) is 22.4. The van der Waals surface area contributed by atoms with E-state index in [1.54, 1.807) is 0 Å². The van der Waals surface area contributed by atoms with E-state index in [2.05, 4.69) is 111 Å². The predicted octanol–water partition coefficient (Wildman–Crippen LogP) is 19.2. The fourth-order valence-corrected chi connectivity index (χ4v) is 4.95. The van der Waals surface area contributed by atoms with E-state index in [9.17, 15) is 0 Å². The van der Waals surface area contributed by atoms with Crippen LogP contribution in [0.25, 0.3) is 0 Å². The Bertz CT molecular complexity index is 385. The Kier molecular flexibility index (Phi) is 81.0. The lowest BCUT2D eigenvalue weighted by Crippen LogP contribution is -2.22. The van der Waals surface area contributed by atoms with Gasteiger partial charge in [-0.2, -0.15) is 0 Å². The van der Waals surface area contributed by atoms with Gasteiger partial charge < -0.3 is 0 Å². The van der Waals surface area contributed by atoms with E-state index in [0.29, 0.717) is 0 Å². The quantitative estimate of drug-likeness (QED) is 0.171. The molecule has 0 aromatic rings. The smallest absolute Gasteiger partial charge is 0.0407 e. The lowest BCUT2D eigenvalue weighted by atomic mass is 9.72. The molecular formula is C47H108. The number of hydrogen-bond acceptors (Lipinski definition) is 0. The molecule has 296 valence electrons. The minimum atomic E-state index is 0.904. The topological polar surface area (TPSA) is 0 Å². The SMILES string of the molecule is C1CCCC1.CC.CC.CC(C)CC1CC(C)C1.CCC.CCC(C)CC.CCCC(C)CC.CCCCC.CCCCCC(C)C.